The fraction of sp³-hybridized carbons (Fsp3) is 0.348. The molecule has 2 aromatic carbocycles. The van der Waals surface area contributed by atoms with E-state index in [9.17, 15) is 0 Å². The number of anilines is 1. The molecule has 3 aromatic rings. The number of unbranched alkanes of at least 4 members (excludes halogenated alkanes) is 1. The summed E-state index contributed by atoms with van der Waals surface area (Å²) in [6.45, 7) is 9.82. The number of hydrogen-bond acceptors (Lipinski definition) is 1. The fourth-order valence-electron chi connectivity index (χ4n) is 3.50. The number of halogens is 1. The predicted octanol–water partition coefficient (Wildman–Crippen LogP) is 2.44. The minimum Gasteiger partial charge on any atom is -1.00 e. The van der Waals surface area contributed by atoms with Gasteiger partial charge in [0.2, 0.25) is 11.2 Å². The number of benzene rings is 2. The van der Waals surface area contributed by atoms with Crippen molar-refractivity contribution >= 4 is 16.6 Å². The van der Waals surface area contributed by atoms with Crippen LogP contribution in [0.5, 0.6) is 0 Å². The molecule has 0 N–H and O–H groups in total. The molecule has 1 aromatic heterocycles. The zero-order chi connectivity index (χ0) is 17.6. The van der Waals surface area contributed by atoms with Crippen LogP contribution in [0.15, 0.2) is 60.7 Å². The molecule has 0 saturated heterocycles. The van der Waals surface area contributed by atoms with Gasteiger partial charge in [-0.05, 0) is 50.2 Å². The molecule has 1 heterocycles. The summed E-state index contributed by atoms with van der Waals surface area (Å²) in [5.41, 5.74) is 5.21. The normalized spacial score (nSPS) is 10.6. The Labute approximate surface area is 174 Å². The second kappa shape index (κ2) is 9.91. The molecule has 0 saturated carbocycles. The van der Waals surface area contributed by atoms with E-state index in [4.69, 9.17) is 0 Å². The van der Waals surface area contributed by atoms with Crippen LogP contribution in [0.25, 0.3) is 22.2 Å². The average molecular weight is 460 g/mol. The fourth-order valence-corrected chi connectivity index (χ4v) is 3.50. The third-order valence-corrected chi connectivity index (χ3v) is 4.97. The number of fused-ring (bicyclic) bond motifs is 1. The highest BCUT2D eigenvalue weighted by Gasteiger charge is 2.17. The number of pyridine rings is 1. The van der Waals surface area contributed by atoms with Gasteiger partial charge >= 0.3 is 0 Å². The Morgan fingerprint density at radius 2 is 1.50 bits per heavy atom. The first kappa shape index (κ1) is 20.7. The molecule has 0 amide bonds. The summed E-state index contributed by atoms with van der Waals surface area (Å²) in [7, 11) is 0. The van der Waals surface area contributed by atoms with Crippen molar-refractivity contribution in [3.8, 4) is 11.3 Å². The minimum absolute atomic E-state index is 0. The van der Waals surface area contributed by atoms with Crippen molar-refractivity contribution in [3.63, 3.8) is 0 Å². The molecule has 0 unspecified atom stereocenters. The molecule has 3 heteroatoms. The highest BCUT2D eigenvalue weighted by Crippen LogP contribution is 2.23. The standard InChI is InChI=1S/C23H29N2.HI/c1-4-7-18-25-22-11-9-8-10-19(22)14-17-23(25)20-12-15-21(16-13-20)24(5-2)6-3;/h8-17H,4-7,18H2,1-3H3;1H/q+1;/p-1. The van der Waals surface area contributed by atoms with E-state index in [1.807, 2.05) is 0 Å². The van der Waals surface area contributed by atoms with Gasteiger partial charge in [0.15, 0.2) is 0 Å². The molecule has 26 heavy (non-hydrogen) atoms. The molecule has 138 valence electrons. The second-order valence-corrected chi connectivity index (χ2v) is 6.50. The molecular formula is C23H29IN2. The molecule has 0 bridgehead atoms. The maximum absolute atomic E-state index is 2.48. The minimum atomic E-state index is 0. The van der Waals surface area contributed by atoms with Crippen LogP contribution in [0.4, 0.5) is 5.69 Å². The van der Waals surface area contributed by atoms with Crippen LogP contribution in [-0.4, -0.2) is 13.1 Å². The van der Waals surface area contributed by atoms with Crippen LogP contribution in [-0.2, 0) is 6.54 Å². The summed E-state index contributed by atoms with van der Waals surface area (Å²) < 4.78 is 2.48. The number of nitrogens with zero attached hydrogens (tertiary/aromatic N) is 2. The van der Waals surface area contributed by atoms with Crippen molar-refractivity contribution in [3.05, 3.63) is 60.7 Å². The number of para-hydroxylation sites is 1. The first-order valence-electron chi connectivity index (χ1n) is 9.55. The SMILES string of the molecule is CCCC[n+]1c(-c2ccc(N(CC)CC)cc2)ccc2ccccc21.[I-]. The van der Waals surface area contributed by atoms with Crippen LogP contribution in [0, 0.1) is 0 Å². The van der Waals surface area contributed by atoms with Gasteiger partial charge < -0.3 is 28.9 Å². The summed E-state index contributed by atoms with van der Waals surface area (Å²) in [5.74, 6) is 0. The molecule has 0 spiro atoms. The van der Waals surface area contributed by atoms with Crippen LogP contribution < -0.4 is 33.4 Å². The Morgan fingerprint density at radius 1 is 0.808 bits per heavy atom. The first-order chi connectivity index (χ1) is 12.3. The Morgan fingerprint density at radius 3 is 2.15 bits per heavy atom. The third kappa shape index (κ3) is 4.37. The summed E-state index contributed by atoms with van der Waals surface area (Å²) in [5, 5.41) is 1.31. The molecule has 0 fully saturated rings. The largest absolute Gasteiger partial charge is 1.00 e. The van der Waals surface area contributed by atoms with E-state index in [0.717, 1.165) is 19.6 Å². The van der Waals surface area contributed by atoms with E-state index in [-0.39, 0.29) is 24.0 Å². The molecule has 0 aliphatic rings. The molecule has 0 atom stereocenters. The number of aromatic nitrogens is 1. The highest BCUT2D eigenvalue weighted by atomic mass is 127. The van der Waals surface area contributed by atoms with Crippen molar-refractivity contribution in [1.29, 1.82) is 0 Å². The van der Waals surface area contributed by atoms with Gasteiger partial charge in [0, 0.05) is 48.3 Å². The van der Waals surface area contributed by atoms with Gasteiger partial charge in [-0.2, -0.15) is 4.57 Å². The Bertz CT molecular complexity index is 823. The smallest absolute Gasteiger partial charge is 0.212 e. The third-order valence-electron chi connectivity index (χ3n) is 4.97. The highest BCUT2D eigenvalue weighted by molar-refractivity contribution is 5.77. The number of rotatable bonds is 7. The summed E-state index contributed by atoms with van der Waals surface area (Å²) >= 11 is 0. The lowest BCUT2D eigenvalue weighted by atomic mass is 10.1. The van der Waals surface area contributed by atoms with Gasteiger partial charge in [-0.1, -0.05) is 25.5 Å². The predicted molar refractivity (Wildman–Crippen MR) is 108 cm³/mol. The lowest BCUT2D eigenvalue weighted by Gasteiger charge is -2.21. The van der Waals surface area contributed by atoms with E-state index in [1.165, 1.54) is 40.7 Å². The molecule has 3 rings (SSSR count). The van der Waals surface area contributed by atoms with Gasteiger partial charge in [0.05, 0.1) is 0 Å². The van der Waals surface area contributed by atoms with Gasteiger partial charge in [0.1, 0.15) is 6.54 Å². The topological polar surface area (TPSA) is 7.12 Å². The van der Waals surface area contributed by atoms with E-state index < -0.39 is 0 Å². The summed E-state index contributed by atoms with van der Waals surface area (Å²) in [4.78, 5) is 2.38. The molecular weight excluding hydrogens is 431 g/mol. The molecule has 0 aliphatic heterocycles. The summed E-state index contributed by atoms with van der Waals surface area (Å²) in [6, 6.07) is 22.2. The zero-order valence-corrected chi connectivity index (χ0v) is 18.2. The number of hydrogen-bond donors (Lipinski definition) is 0. The van der Waals surface area contributed by atoms with Gasteiger partial charge in [-0.3, -0.25) is 0 Å². The van der Waals surface area contributed by atoms with Gasteiger partial charge in [0.25, 0.3) is 0 Å². The maximum Gasteiger partial charge on any atom is 0.212 e. The Hall–Kier alpha value is -1.62. The lowest BCUT2D eigenvalue weighted by molar-refractivity contribution is -0.661. The van der Waals surface area contributed by atoms with Gasteiger partial charge in [-0.25, -0.2) is 0 Å². The van der Waals surface area contributed by atoms with Crippen LogP contribution in [0.2, 0.25) is 0 Å². The maximum atomic E-state index is 2.48. The van der Waals surface area contributed by atoms with Crippen molar-refractivity contribution < 1.29 is 28.5 Å². The molecule has 0 aliphatic carbocycles. The van der Waals surface area contributed by atoms with Crippen molar-refractivity contribution in [2.24, 2.45) is 0 Å². The number of aryl methyl sites for hydroxylation is 1. The van der Waals surface area contributed by atoms with E-state index in [0.29, 0.717) is 0 Å². The summed E-state index contributed by atoms with van der Waals surface area (Å²) in [6.07, 6.45) is 2.40. The van der Waals surface area contributed by atoms with Crippen LogP contribution in [0.1, 0.15) is 33.6 Å². The van der Waals surface area contributed by atoms with Gasteiger partial charge in [-0.15, -0.1) is 0 Å². The molecule has 2 nitrogen and oxygen atoms in total. The second-order valence-electron chi connectivity index (χ2n) is 6.50. The van der Waals surface area contributed by atoms with E-state index >= 15 is 0 Å². The van der Waals surface area contributed by atoms with Crippen molar-refractivity contribution in [1.82, 2.24) is 0 Å². The monoisotopic (exact) mass is 460 g/mol. The average Bonchev–Trinajstić information content (AvgIpc) is 2.67. The first-order valence-corrected chi connectivity index (χ1v) is 9.55. The van der Waals surface area contributed by atoms with E-state index in [2.05, 4.69) is 90.9 Å². The van der Waals surface area contributed by atoms with Crippen molar-refractivity contribution in [2.75, 3.05) is 18.0 Å². The Balaban J connectivity index is 0.00000243. The lowest BCUT2D eigenvalue weighted by Crippen LogP contribution is -3.00. The van der Waals surface area contributed by atoms with E-state index in [1.54, 1.807) is 0 Å². The van der Waals surface area contributed by atoms with Crippen LogP contribution in [0.3, 0.4) is 0 Å². The zero-order valence-electron chi connectivity index (χ0n) is 16.1. The van der Waals surface area contributed by atoms with Crippen LogP contribution >= 0.6 is 0 Å². The van der Waals surface area contributed by atoms with Crippen molar-refractivity contribution in [2.45, 2.75) is 40.2 Å². The quantitative estimate of drug-likeness (QED) is 0.388. The molecule has 0 radical (unpaired) electrons. The Kier molecular flexibility index (Phi) is 7.88.